The first-order valence-electron chi connectivity index (χ1n) is 5.43. The highest BCUT2D eigenvalue weighted by molar-refractivity contribution is 7.09. The summed E-state index contributed by atoms with van der Waals surface area (Å²) in [6.07, 6.45) is 2.35. The monoisotopic (exact) mass is 252 g/mol. The molecule has 1 spiro atoms. The fourth-order valence-electron chi connectivity index (χ4n) is 2.28. The Morgan fingerprint density at radius 2 is 2.41 bits per heavy atom. The first-order chi connectivity index (χ1) is 8.21. The van der Waals surface area contributed by atoms with Crippen molar-refractivity contribution in [3.05, 3.63) is 16.6 Å². The second kappa shape index (κ2) is 3.78. The Morgan fingerprint density at radius 1 is 1.53 bits per heavy atom. The molecule has 0 saturated carbocycles. The van der Waals surface area contributed by atoms with Crippen LogP contribution in [0.15, 0.2) is 11.7 Å². The number of hydrogen-bond donors (Lipinski definition) is 2. The third kappa shape index (κ3) is 1.62. The molecule has 1 aromatic heterocycles. The number of thiazole rings is 1. The van der Waals surface area contributed by atoms with Crippen LogP contribution in [0.1, 0.15) is 11.3 Å². The van der Waals surface area contributed by atoms with Crippen LogP contribution in [-0.4, -0.2) is 40.5 Å². The van der Waals surface area contributed by atoms with Gasteiger partial charge in [-0.1, -0.05) is 0 Å². The minimum absolute atomic E-state index is 0.124. The number of hydrogen-bond acceptors (Lipinski definition) is 5. The van der Waals surface area contributed by atoms with Crippen molar-refractivity contribution in [3.8, 4) is 0 Å². The fraction of sp³-hybridized carbons (Fsp3) is 0.500. The van der Waals surface area contributed by atoms with Crippen molar-refractivity contribution in [2.24, 2.45) is 0 Å². The fourth-order valence-corrected chi connectivity index (χ4v) is 2.86. The van der Waals surface area contributed by atoms with Gasteiger partial charge in [-0.3, -0.25) is 14.7 Å². The lowest BCUT2D eigenvalue weighted by molar-refractivity contribution is -0.131. The molecule has 90 valence electrons. The zero-order valence-corrected chi connectivity index (χ0v) is 9.92. The van der Waals surface area contributed by atoms with E-state index in [0.29, 0.717) is 19.5 Å². The van der Waals surface area contributed by atoms with Crippen LogP contribution < -0.4 is 10.6 Å². The molecular weight excluding hydrogens is 240 g/mol. The molecule has 0 radical (unpaired) electrons. The number of aromatic nitrogens is 1. The minimum atomic E-state index is -0.707. The third-order valence-electron chi connectivity index (χ3n) is 3.20. The standard InChI is InChI=1S/C10H12N4O2S/c15-8-10(1-2-11-5-10)13-9(16)14(8)4-7-3-12-6-17-7/h3,6,11H,1-2,4-5H2,(H,13,16). The molecule has 3 amide bonds. The molecule has 6 nitrogen and oxygen atoms in total. The average molecular weight is 252 g/mol. The van der Waals surface area contributed by atoms with E-state index in [2.05, 4.69) is 15.6 Å². The van der Waals surface area contributed by atoms with Crippen molar-refractivity contribution in [1.82, 2.24) is 20.5 Å². The maximum absolute atomic E-state index is 12.3. The molecule has 1 atom stereocenters. The summed E-state index contributed by atoms with van der Waals surface area (Å²) in [6.45, 7) is 1.61. The molecule has 2 fully saturated rings. The lowest BCUT2D eigenvalue weighted by Crippen LogP contribution is -2.48. The highest BCUT2D eigenvalue weighted by atomic mass is 32.1. The summed E-state index contributed by atoms with van der Waals surface area (Å²) < 4.78 is 0. The topological polar surface area (TPSA) is 74.3 Å². The Hall–Kier alpha value is -1.47. The quantitative estimate of drug-likeness (QED) is 0.722. The zero-order chi connectivity index (χ0) is 11.9. The van der Waals surface area contributed by atoms with Gasteiger partial charge in [0.15, 0.2) is 0 Å². The van der Waals surface area contributed by atoms with E-state index in [1.165, 1.54) is 16.2 Å². The van der Waals surface area contributed by atoms with Gasteiger partial charge >= 0.3 is 6.03 Å². The molecule has 2 N–H and O–H groups in total. The lowest BCUT2D eigenvalue weighted by atomic mass is 9.99. The smallest absolute Gasteiger partial charge is 0.322 e. The van der Waals surface area contributed by atoms with Crippen LogP contribution in [0.5, 0.6) is 0 Å². The van der Waals surface area contributed by atoms with Crippen molar-refractivity contribution in [3.63, 3.8) is 0 Å². The van der Waals surface area contributed by atoms with Crippen LogP contribution in [0, 0.1) is 0 Å². The van der Waals surface area contributed by atoms with Gasteiger partial charge in [0.25, 0.3) is 5.91 Å². The SMILES string of the molecule is O=C1NC2(CCNC2)C(=O)N1Cc1cncs1. The van der Waals surface area contributed by atoms with Crippen LogP contribution >= 0.6 is 11.3 Å². The van der Waals surface area contributed by atoms with Crippen LogP contribution in [0.3, 0.4) is 0 Å². The van der Waals surface area contributed by atoms with Crippen molar-refractivity contribution in [1.29, 1.82) is 0 Å². The second-order valence-corrected chi connectivity index (χ2v) is 5.27. The van der Waals surface area contributed by atoms with E-state index >= 15 is 0 Å². The van der Waals surface area contributed by atoms with Gasteiger partial charge in [0.05, 0.1) is 12.1 Å². The van der Waals surface area contributed by atoms with Gasteiger partial charge in [-0.05, 0) is 13.0 Å². The molecule has 3 rings (SSSR count). The Kier molecular flexibility index (Phi) is 2.37. The van der Waals surface area contributed by atoms with Crippen molar-refractivity contribution < 1.29 is 9.59 Å². The van der Waals surface area contributed by atoms with Gasteiger partial charge in [0.2, 0.25) is 0 Å². The van der Waals surface area contributed by atoms with E-state index in [1.807, 2.05) is 0 Å². The normalized spacial score (nSPS) is 28.1. The predicted octanol–water partition coefficient (Wildman–Crippen LogP) is -0.0730. The lowest BCUT2D eigenvalue weighted by Gasteiger charge is -2.18. The van der Waals surface area contributed by atoms with Gasteiger partial charge in [-0.25, -0.2) is 4.79 Å². The summed E-state index contributed by atoms with van der Waals surface area (Å²) in [6, 6.07) is -0.299. The van der Waals surface area contributed by atoms with E-state index in [4.69, 9.17) is 0 Å². The van der Waals surface area contributed by atoms with E-state index < -0.39 is 5.54 Å². The number of carbonyl (C=O) groups excluding carboxylic acids is 2. The number of nitrogens with one attached hydrogen (secondary N) is 2. The van der Waals surface area contributed by atoms with Crippen molar-refractivity contribution in [2.75, 3.05) is 13.1 Å². The number of urea groups is 1. The minimum Gasteiger partial charge on any atom is -0.322 e. The Balaban J connectivity index is 1.82. The summed E-state index contributed by atoms with van der Waals surface area (Å²) in [7, 11) is 0. The maximum atomic E-state index is 12.3. The summed E-state index contributed by atoms with van der Waals surface area (Å²) in [5.74, 6) is -0.124. The number of amides is 3. The van der Waals surface area contributed by atoms with Gasteiger partial charge in [0.1, 0.15) is 5.54 Å². The summed E-state index contributed by atoms with van der Waals surface area (Å²) in [4.78, 5) is 30.2. The molecule has 3 heterocycles. The van der Waals surface area contributed by atoms with E-state index in [-0.39, 0.29) is 11.9 Å². The summed E-state index contributed by atoms with van der Waals surface area (Å²) in [5.41, 5.74) is 0.989. The van der Waals surface area contributed by atoms with Gasteiger partial charge < -0.3 is 10.6 Å². The molecule has 2 saturated heterocycles. The average Bonchev–Trinajstić information content (AvgIpc) is 2.99. The highest BCUT2D eigenvalue weighted by Crippen LogP contribution is 2.26. The number of rotatable bonds is 2. The Labute approximate surface area is 102 Å². The highest BCUT2D eigenvalue weighted by Gasteiger charge is 2.52. The first-order valence-corrected chi connectivity index (χ1v) is 6.31. The molecule has 0 aliphatic carbocycles. The number of imide groups is 1. The van der Waals surface area contributed by atoms with E-state index in [9.17, 15) is 9.59 Å². The van der Waals surface area contributed by atoms with Crippen LogP contribution in [0.2, 0.25) is 0 Å². The largest absolute Gasteiger partial charge is 0.325 e. The molecule has 0 bridgehead atoms. The Morgan fingerprint density at radius 3 is 3.06 bits per heavy atom. The Bertz CT molecular complexity index is 453. The molecule has 2 aliphatic heterocycles. The van der Waals surface area contributed by atoms with Crippen LogP contribution in [0.4, 0.5) is 4.79 Å². The third-order valence-corrected chi connectivity index (χ3v) is 3.96. The van der Waals surface area contributed by atoms with E-state index in [1.54, 1.807) is 11.7 Å². The number of nitrogens with zero attached hydrogens (tertiary/aromatic N) is 2. The molecule has 1 unspecified atom stereocenters. The van der Waals surface area contributed by atoms with Gasteiger partial charge in [-0.2, -0.15) is 0 Å². The zero-order valence-electron chi connectivity index (χ0n) is 9.10. The molecule has 1 aromatic rings. The van der Waals surface area contributed by atoms with Crippen LogP contribution in [0.25, 0.3) is 0 Å². The number of carbonyl (C=O) groups is 2. The second-order valence-electron chi connectivity index (χ2n) is 4.30. The van der Waals surface area contributed by atoms with Crippen molar-refractivity contribution in [2.45, 2.75) is 18.5 Å². The summed E-state index contributed by atoms with van der Waals surface area (Å²) >= 11 is 1.44. The van der Waals surface area contributed by atoms with Gasteiger partial charge in [-0.15, -0.1) is 11.3 Å². The molecule has 17 heavy (non-hydrogen) atoms. The maximum Gasteiger partial charge on any atom is 0.325 e. The first kappa shape index (κ1) is 10.7. The molecule has 0 aromatic carbocycles. The molecule has 7 heteroatoms. The van der Waals surface area contributed by atoms with Crippen molar-refractivity contribution >= 4 is 23.3 Å². The van der Waals surface area contributed by atoms with E-state index in [0.717, 1.165) is 11.4 Å². The summed E-state index contributed by atoms with van der Waals surface area (Å²) in [5, 5.41) is 5.91. The van der Waals surface area contributed by atoms with Crippen LogP contribution in [-0.2, 0) is 11.3 Å². The molecular formula is C10H12N4O2S. The van der Waals surface area contributed by atoms with Gasteiger partial charge in [0, 0.05) is 17.6 Å². The predicted molar refractivity (Wildman–Crippen MR) is 61.4 cm³/mol. The molecule has 2 aliphatic rings.